The van der Waals surface area contributed by atoms with Crippen molar-refractivity contribution in [1.29, 1.82) is 0 Å². The molecule has 0 aromatic heterocycles. The first-order valence-corrected chi connectivity index (χ1v) is 5.83. The molecule has 1 heterocycles. The van der Waals surface area contributed by atoms with Crippen LogP contribution in [0.1, 0.15) is 25.7 Å². The Morgan fingerprint density at radius 2 is 1.88 bits per heavy atom. The van der Waals surface area contributed by atoms with E-state index in [1.54, 1.807) is 7.11 Å². The van der Waals surface area contributed by atoms with Crippen LogP contribution in [-0.2, 0) is 0 Å². The molecule has 17 heavy (non-hydrogen) atoms. The Labute approximate surface area is 109 Å². The molecule has 0 aliphatic carbocycles. The molecule has 3 nitrogen and oxygen atoms in total. The van der Waals surface area contributed by atoms with Crippen LogP contribution in [0, 0.1) is 0 Å². The molecule has 1 aliphatic heterocycles. The predicted molar refractivity (Wildman–Crippen MR) is 74.6 cm³/mol. The van der Waals surface area contributed by atoms with E-state index >= 15 is 0 Å². The maximum Gasteiger partial charge on any atom is 0.119 e. The first-order valence-electron chi connectivity index (χ1n) is 5.83. The maximum absolute atomic E-state index is 5.12. The van der Waals surface area contributed by atoms with Crippen LogP contribution in [0.15, 0.2) is 29.3 Å². The van der Waals surface area contributed by atoms with Gasteiger partial charge in [-0.15, -0.1) is 12.4 Å². The molecule has 0 fully saturated rings. The first kappa shape index (κ1) is 13.8. The number of hydrogen-bond acceptors (Lipinski definition) is 3. The highest BCUT2D eigenvalue weighted by molar-refractivity contribution is 5.95. The topological polar surface area (TPSA) is 33.6 Å². The van der Waals surface area contributed by atoms with Crippen LogP contribution in [0.5, 0.6) is 5.75 Å². The second kappa shape index (κ2) is 7.17. The molecule has 0 saturated heterocycles. The molecule has 0 saturated carbocycles. The Morgan fingerprint density at radius 1 is 1.12 bits per heavy atom. The van der Waals surface area contributed by atoms with E-state index in [0.717, 1.165) is 30.2 Å². The third-order valence-electron chi connectivity index (χ3n) is 2.75. The van der Waals surface area contributed by atoms with Gasteiger partial charge in [-0.05, 0) is 37.1 Å². The fourth-order valence-corrected chi connectivity index (χ4v) is 1.82. The zero-order valence-corrected chi connectivity index (χ0v) is 10.9. The van der Waals surface area contributed by atoms with E-state index < -0.39 is 0 Å². The number of anilines is 1. The largest absolute Gasteiger partial charge is 0.497 e. The number of rotatable bonds is 2. The number of ether oxygens (including phenoxy) is 1. The van der Waals surface area contributed by atoms with Crippen molar-refractivity contribution in [3.05, 3.63) is 24.3 Å². The minimum absolute atomic E-state index is 0. The third-order valence-corrected chi connectivity index (χ3v) is 2.75. The molecule has 0 atom stereocenters. The van der Waals surface area contributed by atoms with Crippen LogP contribution in [0.2, 0.25) is 0 Å². The van der Waals surface area contributed by atoms with Gasteiger partial charge in [-0.2, -0.15) is 0 Å². The Hall–Kier alpha value is -1.22. The highest BCUT2D eigenvalue weighted by Crippen LogP contribution is 2.16. The number of hydrogen-bond donors (Lipinski definition) is 1. The fraction of sp³-hybridized carbons (Fsp3) is 0.462. The van der Waals surface area contributed by atoms with Crippen LogP contribution < -0.4 is 10.1 Å². The van der Waals surface area contributed by atoms with Crippen LogP contribution in [-0.4, -0.2) is 19.5 Å². The molecule has 94 valence electrons. The summed E-state index contributed by atoms with van der Waals surface area (Å²) in [5, 5.41) is 3.37. The van der Waals surface area contributed by atoms with Gasteiger partial charge >= 0.3 is 0 Å². The predicted octanol–water partition coefficient (Wildman–Crippen LogP) is 3.50. The van der Waals surface area contributed by atoms with E-state index in [9.17, 15) is 0 Å². The average molecular weight is 255 g/mol. The van der Waals surface area contributed by atoms with Gasteiger partial charge in [0.15, 0.2) is 0 Å². The van der Waals surface area contributed by atoms with Gasteiger partial charge in [0.2, 0.25) is 0 Å². The van der Waals surface area contributed by atoms with Crippen LogP contribution in [0.4, 0.5) is 5.69 Å². The quantitative estimate of drug-likeness (QED) is 0.876. The molecular weight excluding hydrogens is 236 g/mol. The number of aliphatic imine (C=N–C) groups is 1. The lowest BCUT2D eigenvalue weighted by Crippen LogP contribution is -2.11. The zero-order chi connectivity index (χ0) is 11.2. The molecule has 1 N–H and O–H groups in total. The molecule has 1 aromatic carbocycles. The van der Waals surface area contributed by atoms with Gasteiger partial charge in [0.1, 0.15) is 11.6 Å². The van der Waals surface area contributed by atoms with E-state index in [1.807, 2.05) is 24.3 Å². The van der Waals surface area contributed by atoms with Crippen molar-refractivity contribution in [3.8, 4) is 5.75 Å². The van der Waals surface area contributed by atoms with Crippen molar-refractivity contribution in [1.82, 2.24) is 0 Å². The summed E-state index contributed by atoms with van der Waals surface area (Å²) in [4.78, 5) is 4.54. The van der Waals surface area contributed by atoms with Gasteiger partial charge in [0, 0.05) is 18.7 Å². The summed E-state index contributed by atoms with van der Waals surface area (Å²) in [6.45, 7) is 0.957. The van der Waals surface area contributed by atoms with E-state index in [4.69, 9.17) is 4.74 Å². The third kappa shape index (κ3) is 4.27. The van der Waals surface area contributed by atoms with Crippen LogP contribution >= 0.6 is 12.4 Å². The summed E-state index contributed by atoms with van der Waals surface area (Å²) >= 11 is 0. The van der Waals surface area contributed by atoms with Gasteiger partial charge in [-0.1, -0.05) is 6.42 Å². The Bertz CT molecular complexity index is 362. The monoisotopic (exact) mass is 254 g/mol. The minimum Gasteiger partial charge on any atom is -0.497 e. The minimum atomic E-state index is 0. The molecule has 0 amide bonds. The van der Waals surface area contributed by atoms with Crippen LogP contribution in [0.25, 0.3) is 0 Å². The fourth-order valence-electron chi connectivity index (χ4n) is 1.82. The number of nitrogens with zero attached hydrogens (tertiary/aromatic N) is 1. The normalized spacial score (nSPS) is 15.2. The zero-order valence-electron chi connectivity index (χ0n) is 10.1. The standard InChI is InChI=1S/C13H18N2O.ClH/c1-16-12-8-6-11(7-9-12)15-13-5-3-2-4-10-14-13;/h6-9H,2-5,10H2,1H3,(H,14,15);1H. The summed E-state index contributed by atoms with van der Waals surface area (Å²) in [7, 11) is 1.68. The molecule has 1 aromatic rings. The lowest BCUT2D eigenvalue weighted by molar-refractivity contribution is 0.415. The molecule has 0 spiro atoms. The van der Waals surface area contributed by atoms with E-state index in [2.05, 4.69) is 10.3 Å². The van der Waals surface area contributed by atoms with Crippen molar-refractivity contribution < 1.29 is 4.74 Å². The smallest absolute Gasteiger partial charge is 0.119 e. The summed E-state index contributed by atoms with van der Waals surface area (Å²) in [5.74, 6) is 2.00. The number of nitrogens with one attached hydrogen (secondary N) is 1. The molecule has 2 rings (SSSR count). The van der Waals surface area contributed by atoms with Gasteiger partial charge in [-0.25, -0.2) is 0 Å². The summed E-state index contributed by atoms with van der Waals surface area (Å²) in [6, 6.07) is 7.96. The Balaban J connectivity index is 0.00000144. The molecule has 4 heteroatoms. The first-order chi connectivity index (χ1) is 7.88. The Kier molecular flexibility index (Phi) is 5.84. The van der Waals surface area contributed by atoms with E-state index in [-0.39, 0.29) is 12.4 Å². The highest BCUT2D eigenvalue weighted by Gasteiger charge is 2.04. The second-order valence-electron chi connectivity index (χ2n) is 3.99. The number of methoxy groups -OCH3 is 1. The number of halogens is 1. The van der Waals surface area contributed by atoms with Crippen molar-refractivity contribution in [2.45, 2.75) is 25.7 Å². The van der Waals surface area contributed by atoms with E-state index in [1.165, 1.54) is 19.3 Å². The van der Waals surface area contributed by atoms with Crippen molar-refractivity contribution >= 4 is 23.9 Å². The molecule has 0 bridgehead atoms. The lowest BCUT2D eigenvalue weighted by Gasteiger charge is -2.08. The lowest BCUT2D eigenvalue weighted by atomic mass is 10.2. The van der Waals surface area contributed by atoms with Gasteiger partial charge in [-0.3, -0.25) is 4.99 Å². The summed E-state index contributed by atoms with van der Waals surface area (Å²) in [5.41, 5.74) is 1.08. The van der Waals surface area contributed by atoms with Gasteiger partial charge in [0.25, 0.3) is 0 Å². The van der Waals surface area contributed by atoms with Gasteiger partial charge in [0.05, 0.1) is 7.11 Å². The molecule has 1 aliphatic rings. The van der Waals surface area contributed by atoms with Crippen molar-refractivity contribution in [2.75, 3.05) is 19.0 Å². The highest BCUT2D eigenvalue weighted by atomic mass is 35.5. The maximum atomic E-state index is 5.12. The summed E-state index contributed by atoms with van der Waals surface area (Å²) < 4.78 is 5.12. The van der Waals surface area contributed by atoms with E-state index in [0.29, 0.717) is 0 Å². The average Bonchev–Trinajstić information content (AvgIpc) is 2.59. The SMILES string of the molecule is COc1ccc(NC2=NCCCCC2)cc1.Cl. The molecule has 0 radical (unpaired) electrons. The van der Waals surface area contributed by atoms with Crippen molar-refractivity contribution in [3.63, 3.8) is 0 Å². The molecular formula is C13H19ClN2O. The molecule has 0 unspecified atom stereocenters. The number of amidine groups is 1. The van der Waals surface area contributed by atoms with Crippen LogP contribution in [0.3, 0.4) is 0 Å². The Morgan fingerprint density at radius 3 is 2.59 bits per heavy atom. The second-order valence-corrected chi connectivity index (χ2v) is 3.99. The summed E-state index contributed by atoms with van der Waals surface area (Å²) in [6.07, 6.45) is 4.80. The van der Waals surface area contributed by atoms with Gasteiger partial charge < -0.3 is 10.1 Å². The number of benzene rings is 1. The van der Waals surface area contributed by atoms with Crippen molar-refractivity contribution in [2.24, 2.45) is 4.99 Å².